The van der Waals surface area contributed by atoms with E-state index >= 15 is 0 Å². The molecule has 3 rings (SSSR count). The monoisotopic (exact) mass is 548 g/mol. The predicted octanol–water partition coefficient (Wildman–Crippen LogP) is 4.99. The number of hydrogen-bond donors (Lipinski definition) is 0. The Hall–Kier alpha value is -2.56. The minimum atomic E-state index is -3.74. The molecular formula is C26H33ClN4O3S2. The van der Waals surface area contributed by atoms with Crippen molar-refractivity contribution < 1.29 is 13.2 Å². The Bertz CT molecular complexity index is 1290. The lowest BCUT2D eigenvalue weighted by atomic mass is 10.2. The summed E-state index contributed by atoms with van der Waals surface area (Å²) < 4.78 is 28.3. The molecule has 0 bridgehead atoms. The number of carbonyl (C=O) groups is 1. The van der Waals surface area contributed by atoms with E-state index in [1.54, 1.807) is 17.0 Å². The fourth-order valence-electron chi connectivity index (χ4n) is 3.65. The molecule has 1 heterocycles. The molecule has 2 aromatic carbocycles. The topological polar surface area (TPSA) is 73.8 Å². The largest absolute Gasteiger partial charge is 0.309 e. The third-order valence-electron chi connectivity index (χ3n) is 5.48. The van der Waals surface area contributed by atoms with E-state index < -0.39 is 10.0 Å². The van der Waals surface area contributed by atoms with Crippen LogP contribution < -0.4 is 4.90 Å². The highest BCUT2D eigenvalue weighted by Crippen LogP contribution is 2.31. The summed E-state index contributed by atoms with van der Waals surface area (Å²) in [6.45, 7) is 10.9. The van der Waals surface area contributed by atoms with Gasteiger partial charge in [0.05, 0.1) is 15.1 Å². The van der Waals surface area contributed by atoms with Gasteiger partial charge < -0.3 is 4.90 Å². The molecule has 0 fully saturated rings. The summed E-state index contributed by atoms with van der Waals surface area (Å²) in [6, 6.07) is 12.1. The van der Waals surface area contributed by atoms with E-state index in [2.05, 4.69) is 18.1 Å². The molecule has 0 radical (unpaired) electrons. The van der Waals surface area contributed by atoms with Crippen molar-refractivity contribution in [1.82, 2.24) is 14.2 Å². The average Bonchev–Trinajstić information content (AvgIpc) is 3.26. The van der Waals surface area contributed by atoms with Crippen LogP contribution in [0.4, 0.5) is 5.13 Å². The number of fused-ring (bicyclic) bond motifs is 1. The molecule has 0 aliphatic heterocycles. The van der Waals surface area contributed by atoms with Crippen molar-refractivity contribution >= 4 is 55.0 Å². The summed E-state index contributed by atoms with van der Waals surface area (Å²) in [6.07, 6.45) is 3.84. The first kappa shape index (κ1) is 29.7. The molecule has 1 aromatic heterocycles. The van der Waals surface area contributed by atoms with Gasteiger partial charge in [0.1, 0.15) is 0 Å². The molecule has 0 saturated carbocycles. The van der Waals surface area contributed by atoms with Crippen molar-refractivity contribution in [3.63, 3.8) is 0 Å². The zero-order chi connectivity index (χ0) is 25.6. The maximum atomic E-state index is 13.6. The van der Waals surface area contributed by atoms with Gasteiger partial charge in [-0.05, 0) is 69.9 Å². The molecule has 36 heavy (non-hydrogen) atoms. The number of para-hydroxylation sites is 1. The zero-order valence-corrected chi connectivity index (χ0v) is 23.3. The maximum Gasteiger partial charge on any atom is 0.260 e. The smallest absolute Gasteiger partial charge is 0.260 e. The molecule has 10 heteroatoms. The van der Waals surface area contributed by atoms with E-state index in [0.29, 0.717) is 17.2 Å². The van der Waals surface area contributed by atoms with Crippen LogP contribution in [-0.2, 0) is 10.0 Å². The Labute approximate surface area is 224 Å². The van der Waals surface area contributed by atoms with E-state index in [9.17, 15) is 13.2 Å². The quantitative estimate of drug-likeness (QED) is 0.298. The molecule has 0 spiro atoms. The van der Waals surface area contributed by atoms with E-state index in [-0.39, 0.29) is 36.3 Å². The number of rotatable bonds is 12. The number of thiazole rings is 1. The number of nitrogens with zero attached hydrogens (tertiary/aromatic N) is 4. The highest BCUT2D eigenvalue weighted by atomic mass is 35.5. The number of benzene rings is 2. The summed E-state index contributed by atoms with van der Waals surface area (Å²) >= 11 is 1.48. The fraction of sp³-hybridized carbons (Fsp3) is 0.308. The Morgan fingerprint density at radius 3 is 2.22 bits per heavy atom. The van der Waals surface area contributed by atoms with Crippen molar-refractivity contribution in [2.45, 2.75) is 18.2 Å². The van der Waals surface area contributed by atoms with Crippen molar-refractivity contribution in [3.8, 4) is 0 Å². The van der Waals surface area contributed by atoms with Crippen LogP contribution in [0.3, 0.4) is 0 Å². The van der Waals surface area contributed by atoms with Gasteiger partial charge in [-0.2, -0.15) is 4.31 Å². The molecule has 1 amide bonds. The number of aryl methyl sites for hydroxylation is 1. The lowest BCUT2D eigenvalue weighted by Gasteiger charge is -2.22. The van der Waals surface area contributed by atoms with Crippen LogP contribution >= 0.6 is 23.7 Å². The van der Waals surface area contributed by atoms with Crippen LogP contribution in [0.5, 0.6) is 0 Å². The average molecular weight is 549 g/mol. The van der Waals surface area contributed by atoms with Crippen LogP contribution in [-0.4, -0.2) is 68.8 Å². The third-order valence-corrected chi connectivity index (χ3v) is 8.37. The number of aromatic nitrogens is 1. The number of amides is 1. The van der Waals surface area contributed by atoms with Gasteiger partial charge >= 0.3 is 0 Å². The Balaban J connectivity index is 0.00000456. The summed E-state index contributed by atoms with van der Waals surface area (Å²) in [4.78, 5) is 22.2. The first-order chi connectivity index (χ1) is 16.7. The van der Waals surface area contributed by atoms with E-state index in [4.69, 9.17) is 4.98 Å². The van der Waals surface area contributed by atoms with Gasteiger partial charge in [0, 0.05) is 25.2 Å². The summed E-state index contributed by atoms with van der Waals surface area (Å²) in [5.41, 5.74) is 2.36. The number of carbonyl (C=O) groups excluding carboxylic acids is 1. The van der Waals surface area contributed by atoms with Crippen molar-refractivity contribution in [2.24, 2.45) is 0 Å². The van der Waals surface area contributed by atoms with E-state index in [1.807, 2.05) is 39.2 Å². The SMILES string of the molecule is C=CCN(CC=C)S(=O)(=O)c1ccc(C(=O)N(CCCN(C)C)c2nc3c(C)cccc3s2)cc1.Cl. The van der Waals surface area contributed by atoms with Gasteiger partial charge in [-0.3, -0.25) is 9.69 Å². The second kappa shape index (κ2) is 13.1. The second-order valence-corrected chi connectivity index (χ2v) is 11.4. The molecule has 0 atom stereocenters. The van der Waals surface area contributed by atoms with Crippen LogP contribution in [0.2, 0.25) is 0 Å². The first-order valence-electron chi connectivity index (χ1n) is 11.3. The van der Waals surface area contributed by atoms with E-state index in [0.717, 1.165) is 28.7 Å². The maximum absolute atomic E-state index is 13.6. The zero-order valence-electron chi connectivity index (χ0n) is 20.9. The summed E-state index contributed by atoms with van der Waals surface area (Å²) in [5.74, 6) is -0.210. The Morgan fingerprint density at radius 2 is 1.67 bits per heavy atom. The van der Waals surface area contributed by atoms with Gasteiger partial charge in [0.15, 0.2) is 5.13 Å². The van der Waals surface area contributed by atoms with Crippen molar-refractivity contribution in [1.29, 1.82) is 0 Å². The molecule has 3 aromatic rings. The van der Waals surface area contributed by atoms with Gasteiger partial charge in [0.25, 0.3) is 5.91 Å². The lowest BCUT2D eigenvalue weighted by molar-refractivity contribution is 0.0986. The van der Waals surface area contributed by atoms with Crippen molar-refractivity contribution in [3.05, 3.63) is 78.9 Å². The third kappa shape index (κ3) is 6.80. The minimum Gasteiger partial charge on any atom is -0.309 e. The van der Waals surface area contributed by atoms with Crippen molar-refractivity contribution in [2.75, 3.05) is 45.2 Å². The van der Waals surface area contributed by atoms with Gasteiger partial charge in [-0.1, -0.05) is 35.6 Å². The van der Waals surface area contributed by atoms with Crippen LogP contribution in [0.15, 0.2) is 72.7 Å². The molecule has 0 aliphatic rings. The molecular weight excluding hydrogens is 516 g/mol. The molecule has 0 unspecified atom stereocenters. The molecule has 194 valence electrons. The van der Waals surface area contributed by atoms with Crippen LogP contribution in [0, 0.1) is 6.92 Å². The Morgan fingerprint density at radius 1 is 1.03 bits per heavy atom. The second-order valence-electron chi connectivity index (χ2n) is 8.46. The van der Waals surface area contributed by atoms with Gasteiger partial charge in [-0.25, -0.2) is 13.4 Å². The van der Waals surface area contributed by atoms with Gasteiger partial charge in [0.2, 0.25) is 10.0 Å². The number of hydrogen-bond acceptors (Lipinski definition) is 6. The van der Waals surface area contributed by atoms with Crippen LogP contribution in [0.1, 0.15) is 22.3 Å². The fourth-order valence-corrected chi connectivity index (χ4v) is 6.10. The molecule has 0 saturated heterocycles. The standard InChI is InChI=1S/C26H32N4O3S2.ClH/c1-6-16-29(17-7-2)35(32,33)22-14-12-21(13-15-22)25(31)30(19-9-18-28(4)5)26-27-24-20(3)10-8-11-23(24)34-26;/h6-8,10-15H,1-2,9,16-19H2,3-5H3;1H. The number of halogens is 1. The van der Waals surface area contributed by atoms with Gasteiger partial charge in [-0.15, -0.1) is 25.6 Å². The predicted molar refractivity (Wildman–Crippen MR) is 152 cm³/mol. The van der Waals surface area contributed by atoms with Crippen LogP contribution in [0.25, 0.3) is 10.2 Å². The summed E-state index contributed by atoms with van der Waals surface area (Å²) in [5, 5.41) is 0.637. The number of anilines is 1. The highest BCUT2D eigenvalue weighted by molar-refractivity contribution is 7.89. The highest BCUT2D eigenvalue weighted by Gasteiger charge is 2.25. The lowest BCUT2D eigenvalue weighted by Crippen LogP contribution is -2.33. The normalized spacial score (nSPS) is 11.5. The first-order valence-corrected chi connectivity index (χ1v) is 13.6. The number of sulfonamides is 1. The molecule has 7 nitrogen and oxygen atoms in total. The minimum absolute atomic E-state index is 0. The molecule has 0 N–H and O–H groups in total. The molecule has 0 aliphatic carbocycles. The summed E-state index contributed by atoms with van der Waals surface area (Å²) in [7, 11) is 0.253. The Kier molecular flexibility index (Phi) is 10.8. The van der Waals surface area contributed by atoms with E-state index in [1.165, 1.54) is 39.9 Å².